The van der Waals surface area contributed by atoms with Crippen LogP contribution in [0.5, 0.6) is 0 Å². The molecule has 4 N–H and O–H groups in total. The molecule has 7 heteroatoms. The van der Waals surface area contributed by atoms with Gasteiger partial charge >= 0.3 is 0 Å². The van der Waals surface area contributed by atoms with Crippen molar-refractivity contribution >= 4 is 23.6 Å². The number of nitrogens with two attached hydrogens (primary N) is 1. The molecule has 1 unspecified atom stereocenters. The number of hydrogen-bond donors (Lipinski definition) is 3. The zero-order valence-electron chi connectivity index (χ0n) is 17.0. The molecule has 0 saturated heterocycles. The third-order valence-electron chi connectivity index (χ3n) is 4.71. The molecule has 1 atom stereocenters. The van der Waals surface area contributed by atoms with Gasteiger partial charge in [-0.3, -0.25) is 4.79 Å². The maximum absolute atomic E-state index is 12.3. The van der Waals surface area contributed by atoms with Crippen LogP contribution < -0.4 is 16.4 Å². The summed E-state index contributed by atoms with van der Waals surface area (Å²) in [5.41, 5.74) is 11.3. The average molecular weight is 400 g/mol. The van der Waals surface area contributed by atoms with E-state index in [9.17, 15) is 4.79 Å². The molecule has 1 aliphatic heterocycles. The summed E-state index contributed by atoms with van der Waals surface area (Å²) < 4.78 is 0. The van der Waals surface area contributed by atoms with Crippen molar-refractivity contribution < 1.29 is 4.79 Å². The summed E-state index contributed by atoms with van der Waals surface area (Å²) in [5, 5.41) is 7.03. The van der Waals surface area contributed by atoms with Crippen LogP contribution in [-0.2, 0) is 17.8 Å². The number of anilines is 1. The second-order valence-electron chi connectivity index (χ2n) is 7.59. The predicted molar refractivity (Wildman–Crippen MR) is 115 cm³/mol. The Kier molecular flexibility index (Phi) is 6.57. The van der Waals surface area contributed by atoms with Gasteiger partial charge in [0.25, 0.3) is 0 Å². The lowest BCUT2D eigenvalue weighted by Gasteiger charge is -2.13. The van der Waals surface area contributed by atoms with E-state index >= 15 is 0 Å². The van der Waals surface area contributed by atoms with E-state index in [1.807, 2.05) is 6.92 Å². The molecule has 150 valence electrons. The summed E-state index contributed by atoms with van der Waals surface area (Å²) in [7, 11) is 0. The van der Waals surface area contributed by atoms with Gasteiger partial charge in [0, 0.05) is 24.2 Å². The molecule has 28 heavy (non-hydrogen) atoms. The van der Waals surface area contributed by atoms with Crippen LogP contribution in [0.1, 0.15) is 37.5 Å². The highest BCUT2D eigenvalue weighted by Crippen LogP contribution is 2.41. The second-order valence-corrected chi connectivity index (χ2v) is 8.78. The van der Waals surface area contributed by atoms with E-state index in [0.29, 0.717) is 18.9 Å². The molecule has 1 aliphatic rings. The summed E-state index contributed by atoms with van der Waals surface area (Å²) in [5.74, 6) is 0.900. The van der Waals surface area contributed by atoms with Crippen molar-refractivity contribution in [2.75, 3.05) is 18.8 Å². The third kappa shape index (κ3) is 4.64. The van der Waals surface area contributed by atoms with Crippen molar-refractivity contribution in [1.29, 1.82) is 0 Å². The molecule has 1 amide bonds. The number of hydrogen-bond acceptors (Lipinski definition) is 6. The zero-order chi connectivity index (χ0) is 20.3. The van der Waals surface area contributed by atoms with Gasteiger partial charge in [-0.25, -0.2) is 9.97 Å². The van der Waals surface area contributed by atoms with Gasteiger partial charge in [0.1, 0.15) is 5.03 Å². The quantitative estimate of drug-likeness (QED) is 0.620. The fourth-order valence-corrected chi connectivity index (χ4v) is 4.50. The first-order chi connectivity index (χ1) is 13.4. The van der Waals surface area contributed by atoms with E-state index in [2.05, 4.69) is 59.6 Å². The molecule has 1 aromatic heterocycles. The monoisotopic (exact) mass is 399 g/mol. The van der Waals surface area contributed by atoms with E-state index < -0.39 is 0 Å². The maximum Gasteiger partial charge on any atom is 0.233 e. The van der Waals surface area contributed by atoms with Crippen molar-refractivity contribution in [3.8, 4) is 11.3 Å². The van der Waals surface area contributed by atoms with Crippen molar-refractivity contribution in [1.82, 2.24) is 20.6 Å². The number of benzene rings is 1. The number of carbonyl (C=O) groups is 1. The van der Waals surface area contributed by atoms with Crippen LogP contribution in [0.3, 0.4) is 0 Å². The highest BCUT2D eigenvalue weighted by molar-refractivity contribution is 8.00. The number of carbonyl (C=O) groups excluding carboxylic acids is 1. The number of aryl methyl sites for hydroxylation is 1. The van der Waals surface area contributed by atoms with Crippen LogP contribution in [0, 0.1) is 12.8 Å². The Morgan fingerprint density at radius 1 is 1.36 bits per heavy atom. The number of thioether (sulfide) groups is 1. The van der Waals surface area contributed by atoms with Gasteiger partial charge in [0.2, 0.25) is 11.9 Å². The molecule has 1 aromatic carbocycles. The van der Waals surface area contributed by atoms with Crippen LogP contribution in [0.4, 0.5) is 5.95 Å². The molecule has 0 aliphatic carbocycles. The number of nitrogen functional groups attached to an aromatic ring is 1. The summed E-state index contributed by atoms with van der Waals surface area (Å²) >= 11 is 1.48. The van der Waals surface area contributed by atoms with Crippen LogP contribution in [-0.4, -0.2) is 34.2 Å². The lowest BCUT2D eigenvalue weighted by molar-refractivity contribution is -0.120. The van der Waals surface area contributed by atoms with Gasteiger partial charge < -0.3 is 16.4 Å². The molecule has 0 fully saturated rings. The van der Waals surface area contributed by atoms with Crippen molar-refractivity contribution in [2.24, 2.45) is 5.92 Å². The van der Waals surface area contributed by atoms with E-state index in [0.717, 1.165) is 40.5 Å². The van der Waals surface area contributed by atoms with Crippen molar-refractivity contribution in [3.05, 3.63) is 34.9 Å². The topological polar surface area (TPSA) is 92.9 Å². The SMILES string of the molecule is CCNC(=O)C1Cc2c(nc(N)nc2-c2cc(CNCC(C)C)ccc2C)S1. The lowest BCUT2D eigenvalue weighted by atomic mass is 9.97. The maximum atomic E-state index is 12.3. The molecule has 2 aromatic rings. The standard InChI is InChI=1S/C21H29N5OS/c1-5-24-19(27)17-9-16-18(25-21(22)26-20(16)28-17)15-8-14(7-6-13(15)4)11-23-10-12(2)3/h6-8,12,17,23H,5,9-11H2,1-4H3,(H,24,27)(H2,22,25,26). The normalized spacial score (nSPS) is 15.7. The van der Waals surface area contributed by atoms with Gasteiger partial charge in [-0.1, -0.05) is 37.7 Å². The fraction of sp³-hybridized carbons (Fsp3) is 0.476. The first kappa shape index (κ1) is 20.6. The number of rotatable bonds is 7. The summed E-state index contributed by atoms with van der Waals surface area (Å²) in [6, 6.07) is 6.44. The molecule has 3 rings (SSSR count). The molecule has 6 nitrogen and oxygen atoms in total. The number of amides is 1. The van der Waals surface area contributed by atoms with Gasteiger partial charge in [-0.15, -0.1) is 0 Å². The molecule has 0 saturated carbocycles. The van der Waals surface area contributed by atoms with Gasteiger partial charge in [0.05, 0.1) is 10.9 Å². The largest absolute Gasteiger partial charge is 0.368 e. The first-order valence-corrected chi connectivity index (χ1v) is 10.7. The van der Waals surface area contributed by atoms with Crippen LogP contribution in [0.25, 0.3) is 11.3 Å². The van der Waals surface area contributed by atoms with E-state index in [1.54, 1.807) is 0 Å². The van der Waals surface area contributed by atoms with Gasteiger partial charge in [-0.05, 0) is 49.9 Å². The predicted octanol–water partition coefficient (Wildman–Crippen LogP) is 2.93. The Morgan fingerprint density at radius 3 is 2.86 bits per heavy atom. The fourth-order valence-electron chi connectivity index (χ4n) is 3.32. The Balaban J connectivity index is 1.92. The molecule has 2 heterocycles. The average Bonchev–Trinajstić information content (AvgIpc) is 3.06. The molecular weight excluding hydrogens is 370 g/mol. The van der Waals surface area contributed by atoms with Crippen LogP contribution >= 0.6 is 11.8 Å². The molecule has 0 spiro atoms. The van der Waals surface area contributed by atoms with Gasteiger partial charge in [0.15, 0.2) is 0 Å². The highest BCUT2D eigenvalue weighted by atomic mass is 32.2. The summed E-state index contributed by atoms with van der Waals surface area (Å²) in [6.45, 7) is 10.8. The molecule has 0 radical (unpaired) electrons. The van der Waals surface area contributed by atoms with Crippen LogP contribution in [0.15, 0.2) is 23.2 Å². The Bertz CT molecular complexity index is 868. The number of nitrogens with one attached hydrogen (secondary N) is 2. The minimum Gasteiger partial charge on any atom is -0.368 e. The Labute approximate surface area is 171 Å². The van der Waals surface area contributed by atoms with E-state index in [4.69, 9.17) is 5.73 Å². The minimum atomic E-state index is -0.180. The molecule has 0 bridgehead atoms. The molecular formula is C21H29N5OS. The van der Waals surface area contributed by atoms with Gasteiger partial charge in [-0.2, -0.15) is 0 Å². The van der Waals surface area contributed by atoms with Crippen LogP contribution in [0.2, 0.25) is 0 Å². The van der Waals surface area contributed by atoms with E-state index in [1.165, 1.54) is 17.3 Å². The zero-order valence-corrected chi connectivity index (χ0v) is 17.8. The first-order valence-electron chi connectivity index (χ1n) is 9.80. The summed E-state index contributed by atoms with van der Waals surface area (Å²) in [6.07, 6.45) is 0.622. The Hall–Kier alpha value is -2.12. The lowest BCUT2D eigenvalue weighted by Crippen LogP contribution is -2.32. The highest BCUT2D eigenvalue weighted by Gasteiger charge is 2.32. The third-order valence-corrected chi connectivity index (χ3v) is 5.94. The number of nitrogens with zero attached hydrogens (tertiary/aromatic N) is 2. The second kappa shape index (κ2) is 8.92. The number of aromatic nitrogens is 2. The number of fused-ring (bicyclic) bond motifs is 1. The van der Waals surface area contributed by atoms with E-state index in [-0.39, 0.29) is 17.1 Å². The summed E-state index contributed by atoms with van der Waals surface area (Å²) in [4.78, 5) is 21.3. The Morgan fingerprint density at radius 2 is 2.14 bits per heavy atom. The van der Waals surface area contributed by atoms with Crippen molar-refractivity contribution in [2.45, 2.75) is 50.9 Å². The smallest absolute Gasteiger partial charge is 0.233 e. The van der Waals surface area contributed by atoms with Crippen molar-refractivity contribution in [3.63, 3.8) is 0 Å². The minimum absolute atomic E-state index is 0.0402.